The molecule has 0 aromatic heterocycles. The zero-order valence-electron chi connectivity index (χ0n) is 20.7. The fraction of sp³-hybridized carbons (Fsp3) is 0.321. The highest BCUT2D eigenvalue weighted by Gasteiger charge is 2.28. The van der Waals surface area contributed by atoms with Crippen molar-refractivity contribution in [2.45, 2.75) is 58.9 Å². The predicted molar refractivity (Wildman–Crippen MR) is 139 cm³/mol. The molecule has 5 nitrogen and oxygen atoms in total. The number of benzene rings is 3. The average Bonchev–Trinajstić information content (AvgIpc) is 2.82. The van der Waals surface area contributed by atoms with Gasteiger partial charge in [0.25, 0.3) is 10.0 Å². The van der Waals surface area contributed by atoms with Crippen molar-refractivity contribution in [3.8, 4) is 0 Å². The van der Waals surface area contributed by atoms with E-state index >= 15 is 0 Å². The Kier molecular flexibility index (Phi) is 8.15. The smallest absolute Gasteiger partial charge is 0.264 e. The molecule has 0 saturated carbocycles. The molecule has 0 aliphatic heterocycles. The number of sulfonamides is 1. The zero-order chi connectivity index (χ0) is 24.9. The second-order valence-electron chi connectivity index (χ2n) is 8.70. The molecule has 1 amide bonds. The van der Waals surface area contributed by atoms with E-state index in [1.165, 1.54) is 15.4 Å². The third kappa shape index (κ3) is 5.86. The van der Waals surface area contributed by atoms with E-state index in [0.717, 1.165) is 35.1 Å². The van der Waals surface area contributed by atoms with Crippen molar-refractivity contribution in [3.05, 3.63) is 94.0 Å². The number of carbonyl (C=O) groups excluding carboxylic acids is 1. The van der Waals surface area contributed by atoms with Crippen molar-refractivity contribution in [1.29, 1.82) is 0 Å². The van der Waals surface area contributed by atoms with Crippen LogP contribution in [0, 0.1) is 20.8 Å². The summed E-state index contributed by atoms with van der Waals surface area (Å²) in [4.78, 5) is 13.2. The SMILES string of the molecule is CCc1ccc(CC)c(CNC(=O)CN(c2cc(C)ccc2C)S(=O)(=O)c2ccc(C)cc2)c1. The molecule has 3 rings (SSSR count). The van der Waals surface area contributed by atoms with Crippen LogP contribution < -0.4 is 9.62 Å². The van der Waals surface area contributed by atoms with Crippen LogP contribution in [-0.2, 0) is 34.2 Å². The minimum absolute atomic E-state index is 0.163. The van der Waals surface area contributed by atoms with Gasteiger partial charge in [-0.2, -0.15) is 0 Å². The van der Waals surface area contributed by atoms with Crippen molar-refractivity contribution in [1.82, 2.24) is 5.32 Å². The van der Waals surface area contributed by atoms with Gasteiger partial charge in [-0.25, -0.2) is 8.42 Å². The largest absolute Gasteiger partial charge is 0.350 e. The first-order chi connectivity index (χ1) is 16.1. The van der Waals surface area contributed by atoms with Gasteiger partial charge >= 0.3 is 0 Å². The van der Waals surface area contributed by atoms with Gasteiger partial charge in [-0.15, -0.1) is 0 Å². The van der Waals surface area contributed by atoms with Gasteiger partial charge < -0.3 is 5.32 Å². The monoisotopic (exact) mass is 478 g/mol. The average molecular weight is 479 g/mol. The Labute approximate surface area is 203 Å². The van der Waals surface area contributed by atoms with Crippen LogP contribution in [0.2, 0.25) is 0 Å². The lowest BCUT2D eigenvalue weighted by Crippen LogP contribution is -2.41. The summed E-state index contributed by atoms with van der Waals surface area (Å²) in [6, 6.07) is 18.7. The van der Waals surface area contributed by atoms with Crippen LogP contribution in [0.25, 0.3) is 0 Å². The Morgan fingerprint density at radius 2 is 1.50 bits per heavy atom. The van der Waals surface area contributed by atoms with Crippen molar-refractivity contribution < 1.29 is 13.2 Å². The van der Waals surface area contributed by atoms with Crippen molar-refractivity contribution in [3.63, 3.8) is 0 Å². The van der Waals surface area contributed by atoms with Gasteiger partial charge in [0, 0.05) is 6.54 Å². The fourth-order valence-corrected chi connectivity index (χ4v) is 5.39. The van der Waals surface area contributed by atoms with Gasteiger partial charge in [-0.3, -0.25) is 9.10 Å². The highest BCUT2D eigenvalue weighted by atomic mass is 32.2. The molecule has 34 heavy (non-hydrogen) atoms. The highest BCUT2D eigenvalue weighted by Crippen LogP contribution is 2.28. The topological polar surface area (TPSA) is 66.5 Å². The Bertz CT molecular complexity index is 1270. The number of hydrogen-bond acceptors (Lipinski definition) is 3. The first kappa shape index (κ1) is 25.5. The molecule has 0 heterocycles. The Morgan fingerprint density at radius 1 is 0.824 bits per heavy atom. The summed E-state index contributed by atoms with van der Waals surface area (Å²) in [6.07, 6.45) is 1.78. The minimum atomic E-state index is -3.94. The summed E-state index contributed by atoms with van der Waals surface area (Å²) in [5, 5.41) is 2.95. The molecule has 0 spiro atoms. The number of anilines is 1. The molecule has 3 aromatic rings. The second-order valence-corrected chi connectivity index (χ2v) is 10.6. The summed E-state index contributed by atoms with van der Waals surface area (Å²) in [7, 11) is -3.94. The van der Waals surface area contributed by atoms with E-state index in [2.05, 4.69) is 37.4 Å². The van der Waals surface area contributed by atoms with Crippen LogP contribution in [0.1, 0.15) is 47.2 Å². The van der Waals surface area contributed by atoms with Crippen LogP contribution >= 0.6 is 0 Å². The molecular weight excluding hydrogens is 444 g/mol. The van der Waals surface area contributed by atoms with E-state index in [-0.39, 0.29) is 17.3 Å². The van der Waals surface area contributed by atoms with E-state index in [1.54, 1.807) is 24.3 Å². The van der Waals surface area contributed by atoms with Crippen LogP contribution in [0.3, 0.4) is 0 Å². The first-order valence-electron chi connectivity index (χ1n) is 11.7. The fourth-order valence-electron chi connectivity index (χ4n) is 3.91. The molecular formula is C28H34N2O3S. The summed E-state index contributed by atoms with van der Waals surface area (Å²) >= 11 is 0. The van der Waals surface area contributed by atoms with Gasteiger partial charge in [0.05, 0.1) is 10.6 Å². The second kappa shape index (κ2) is 10.9. The number of rotatable bonds is 9. The molecule has 0 fully saturated rings. The molecule has 0 bridgehead atoms. The Balaban J connectivity index is 1.91. The predicted octanol–water partition coefficient (Wildman–Crippen LogP) is 5.25. The van der Waals surface area contributed by atoms with E-state index in [4.69, 9.17) is 0 Å². The maximum absolute atomic E-state index is 13.6. The van der Waals surface area contributed by atoms with Gasteiger partial charge in [0.1, 0.15) is 6.54 Å². The lowest BCUT2D eigenvalue weighted by Gasteiger charge is -2.26. The molecule has 0 saturated heterocycles. The van der Waals surface area contributed by atoms with Crippen LogP contribution in [0.5, 0.6) is 0 Å². The number of hydrogen-bond donors (Lipinski definition) is 1. The molecule has 0 aliphatic carbocycles. The molecule has 0 aliphatic rings. The summed E-state index contributed by atoms with van der Waals surface area (Å²) in [5.41, 5.74) is 6.65. The number of nitrogens with one attached hydrogen (secondary N) is 1. The summed E-state index contributed by atoms with van der Waals surface area (Å²) < 4.78 is 28.5. The Hall–Kier alpha value is -3.12. The van der Waals surface area contributed by atoms with Gasteiger partial charge in [0.15, 0.2) is 0 Å². The van der Waals surface area contributed by atoms with E-state index < -0.39 is 10.0 Å². The molecule has 0 unspecified atom stereocenters. The number of aryl methyl sites for hydroxylation is 5. The quantitative estimate of drug-likeness (QED) is 0.457. The molecule has 0 atom stereocenters. The van der Waals surface area contributed by atoms with Crippen LogP contribution in [-0.4, -0.2) is 20.9 Å². The molecule has 3 aromatic carbocycles. The maximum atomic E-state index is 13.6. The number of nitrogens with zero attached hydrogens (tertiary/aromatic N) is 1. The molecule has 0 radical (unpaired) electrons. The Morgan fingerprint density at radius 3 is 2.15 bits per heavy atom. The maximum Gasteiger partial charge on any atom is 0.264 e. The lowest BCUT2D eigenvalue weighted by atomic mass is 10.0. The standard InChI is InChI=1S/C28H34N2O3S/c1-6-23-12-13-24(7-2)25(17-23)18-29-28(31)19-30(27-16-21(4)8-11-22(27)5)34(32,33)26-14-9-20(3)10-15-26/h8-17H,6-7,18-19H2,1-5H3,(H,29,31). The lowest BCUT2D eigenvalue weighted by molar-refractivity contribution is -0.119. The normalized spacial score (nSPS) is 11.3. The van der Waals surface area contributed by atoms with Crippen molar-refractivity contribution in [2.24, 2.45) is 0 Å². The molecule has 1 N–H and O–H groups in total. The third-order valence-corrected chi connectivity index (χ3v) is 7.84. The van der Waals surface area contributed by atoms with E-state index in [9.17, 15) is 13.2 Å². The van der Waals surface area contributed by atoms with Crippen molar-refractivity contribution >= 4 is 21.6 Å². The molecule has 6 heteroatoms. The van der Waals surface area contributed by atoms with E-state index in [1.807, 2.05) is 39.0 Å². The first-order valence-corrected chi connectivity index (χ1v) is 13.1. The number of amides is 1. The van der Waals surface area contributed by atoms with Crippen molar-refractivity contribution in [2.75, 3.05) is 10.8 Å². The van der Waals surface area contributed by atoms with Crippen LogP contribution in [0.4, 0.5) is 5.69 Å². The molecule has 180 valence electrons. The minimum Gasteiger partial charge on any atom is -0.350 e. The van der Waals surface area contributed by atoms with Gasteiger partial charge in [-0.05, 0) is 79.6 Å². The van der Waals surface area contributed by atoms with E-state index in [0.29, 0.717) is 12.2 Å². The van der Waals surface area contributed by atoms with Gasteiger partial charge in [-0.1, -0.05) is 61.9 Å². The third-order valence-electron chi connectivity index (χ3n) is 6.07. The van der Waals surface area contributed by atoms with Crippen LogP contribution in [0.15, 0.2) is 65.6 Å². The summed E-state index contributed by atoms with van der Waals surface area (Å²) in [5.74, 6) is -0.347. The zero-order valence-corrected chi connectivity index (χ0v) is 21.5. The number of carbonyl (C=O) groups is 1. The highest BCUT2D eigenvalue weighted by molar-refractivity contribution is 7.92. The summed E-state index contributed by atoms with van der Waals surface area (Å²) in [6.45, 7) is 9.92. The van der Waals surface area contributed by atoms with Gasteiger partial charge in [0.2, 0.25) is 5.91 Å².